The zero-order valence-electron chi connectivity index (χ0n) is 24.9. The molecule has 0 unspecified atom stereocenters. The highest BCUT2D eigenvalue weighted by Gasteiger charge is 2.25. The molecule has 0 bridgehead atoms. The molecule has 0 saturated carbocycles. The molecule has 7 heteroatoms. The Balaban J connectivity index is 0.928. The van der Waals surface area contributed by atoms with Gasteiger partial charge >= 0.3 is 0 Å². The molecule has 1 aromatic heterocycles. The standard InChI is InChI=1S/C35H45N5O2/c41-35(32-10-12-33(13-11-32)39-17-2-1-3-18-39)40-19-5-7-31(27-40)28-42-34-14-8-29(9-15-34)25-37-20-22-38(23-21-37)26-30-6-4-16-36-24-30/h4,6,8-16,24,31H,1-3,5,7,17-23,25-28H2/t31-/m0/s1. The zero-order chi connectivity index (χ0) is 28.6. The summed E-state index contributed by atoms with van der Waals surface area (Å²) in [6.07, 6.45) is 9.77. The van der Waals surface area contributed by atoms with Gasteiger partial charge in [-0.15, -0.1) is 0 Å². The summed E-state index contributed by atoms with van der Waals surface area (Å²) in [4.78, 5) is 27.0. The molecule has 3 aromatic rings. The zero-order valence-corrected chi connectivity index (χ0v) is 24.9. The lowest BCUT2D eigenvalue weighted by atomic mass is 9.98. The van der Waals surface area contributed by atoms with Crippen LogP contribution in [0.15, 0.2) is 73.1 Å². The van der Waals surface area contributed by atoms with Gasteiger partial charge in [-0.3, -0.25) is 19.6 Å². The van der Waals surface area contributed by atoms with Crippen molar-refractivity contribution in [3.63, 3.8) is 0 Å². The Morgan fingerprint density at radius 3 is 2.17 bits per heavy atom. The molecule has 0 spiro atoms. The van der Waals surface area contributed by atoms with Crippen LogP contribution in [0.3, 0.4) is 0 Å². The molecular weight excluding hydrogens is 522 g/mol. The monoisotopic (exact) mass is 567 g/mol. The predicted molar refractivity (Wildman–Crippen MR) is 168 cm³/mol. The van der Waals surface area contributed by atoms with Crippen LogP contribution in [-0.2, 0) is 13.1 Å². The normalized spacial score (nSPS) is 20.4. The Morgan fingerprint density at radius 1 is 0.762 bits per heavy atom. The molecule has 4 heterocycles. The summed E-state index contributed by atoms with van der Waals surface area (Å²) in [7, 11) is 0. The summed E-state index contributed by atoms with van der Waals surface area (Å²) < 4.78 is 6.21. The van der Waals surface area contributed by atoms with Crippen LogP contribution in [0.2, 0.25) is 0 Å². The van der Waals surface area contributed by atoms with E-state index in [-0.39, 0.29) is 5.91 Å². The van der Waals surface area contributed by atoms with E-state index in [1.165, 1.54) is 36.1 Å². The number of piperazine rings is 1. The van der Waals surface area contributed by atoms with Crippen molar-refractivity contribution in [3.05, 3.63) is 89.7 Å². The van der Waals surface area contributed by atoms with Crippen molar-refractivity contribution in [3.8, 4) is 5.75 Å². The minimum Gasteiger partial charge on any atom is -0.493 e. The second-order valence-electron chi connectivity index (χ2n) is 12.2. The first-order chi connectivity index (χ1) is 20.7. The van der Waals surface area contributed by atoms with Gasteiger partial charge < -0.3 is 14.5 Å². The first kappa shape index (κ1) is 28.7. The number of hydrogen-bond donors (Lipinski definition) is 0. The molecule has 42 heavy (non-hydrogen) atoms. The quantitative estimate of drug-likeness (QED) is 0.349. The maximum atomic E-state index is 13.3. The molecule has 3 saturated heterocycles. The Kier molecular flexibility index (Phi) is 9.68. The van der Waals surface area contributed by atoms with Crippen LogP contribution in [0, 0.1) is 5.92 Å². The fourth-order valence-corrected chi connectivity index (χ4v) is 6.55. The van der Waals surface area contributed by atoms with Crippen LogP contribution in [0.25, 0.3) is 0 Å². The van der Waals surface area contributed by atoms with E-state index in [1.807, 2.05) is 35.5 Å². The average molecular weight is 568 g/mol. The number of piperidine rings is 2. The highest BCUT2D eigenvalue weighted by atomic mass is 16.5. The van der Waals surface area contributed by atoms with E-state index >= 15 is 0 Å². The lowest BCUT2D eigenvalue weighted by molar-refractivity contribution is 0.0633. The fourth-order valence-electron chi connectivity index (χ4n) is 6.55. The number of carbonyl (C=O) groups is 1. The summed E-state index contributed by atoms with van der Waals surface area (Å²) in [6.45, 7) is 10.8. The van der Waals surface area contributed by atoms with Crippen molar-refractivity contribution in [1.29, 1.82) is 0 Å². The van der Waals surface area contributed by atoms with Gasteiger partial charge in [0.05, 0.1) is 6.61 Å². The number of aromatic nitrogens is 1. The highest BCUT2D eigenvalue weighted by molar-refractivity contribution is 5.94. The maximum absolute atomic E-state index is 13.3. The van der Waals surface area contributed by atoms with E-state index in [4.69, 9.17) is 4.74 Å². The summed E-state index contributed by atoms with van der Waals surface area (Å²) in [6, 6.07) is 21.0. The van der Waals surface area contributed by atoms with Crippen LogP contribution < -0.4 is 9.64 Å². The van der Waals surface area contributed by atoms with Crippen molar-refractivity contribution in [1.82, 2.24) is 19.7 Å². The number of amides is 1. The van der Waals surface area contributed by atoms with Gasteiger partial charge in [0, 0.05) is 95.0 Å². The summed E-state index contributed by atoms with van der Waals surface area (Å²) in [5.74, 6) is 1.42. The van der Waals surface area contributed by atoms with Gasteiger partial charge in [0.2, 0.25) is 0 Å². The van der Waals surface area contributed by atoms with Crippen molar-refractivity contribution in [2.75, 3.05) is 63.9 Å². The first-order valence-corrected chi connectivity index (χ1v) is 15.9. The van der Waals surface area contributed by atoms with Gasteiger partial charge in [-0.05, 0) is 85.7 Å². The number of ether oxygens (including phenoxy) is 1. The molecule has 1 amide bonds. The number of nitrogens with zero attached hydrogens (tertiary/aromatic N) is 5. The van der Waals surface area contributed by atoms with Crippen molar-refractivity contribution >= 4 is 11.6 Å². The number of benzene rings is 2. The molecule has 1 atom stereocenters. The Bertz CT molecular complexity index is 1250. The van der Waals surface area contributed by atoms with Gasteiger partial charge in [-0.1, -0.05) is 18.2 Å². The Labute approximate surface area is 251 Å². The molecular formula is C35H45N5O2. The van der Waals surface area contributed by atoms with Gasteiger partial charge in [0.25, 0.3) is 5.91 Å². The van der Waals surface area contributed by atoms with Crippen LogP contribution in [-0.4, -0.2) is 84.6 Å². The maximum Gasteiger partial charge on any atom is 0.253 e. The SMILES string of the molecule is O=C(c1ccc(N2CCCCC2)cc1)N1CCC[C@H](COc2ccc(CN3CCN(Cc4cccnc4)CC3)cc2)C1. The van der Waals surface area contributed by atoms with Gasteiger partial charge in [0.1, 0.15) is 5.75 Å². The fraction of sp³-hybridized carbons (Fsp3) is 0.486. The highest BCUT2D eigenvalue weighted by Crippen LogP contribution is 2.24. The van der Waals surface area contributed by atoms with E-state index in [0.717, 1.165) is 89.6 Å². The molecule has 3 aliphatic heterocycles. The number of anilines is 1. The Morgan fingerprint density at radius 2 is 1.48 bits per heavy atom. The van der Waals surface area contributed by atoms with Gasteiger partial charge in [0.15, 0.2) is 0 Å². The number of rotatable bonds is 9. The van der Waals surface area contributed by atoms with E-state index in [1.54, 1.807) is 0 Å². The molecule has 7 nitrogen and oxygen atoms in total. The van der Waals surface area contributed by atoms with Crippen LogP contribution in [0.4, 0.5) is 5.69 Å². The number of hydrogen-bond acceptors (Lipinski definition) is 6. The van der Waals surface area contributed by atoms with Crippen molar-refractivity contribution < 1.29 is 9.53 Å². The number of likely N-dealkylation sites (tertiary alicyclic amines) is 1. The van der Waals surface area contributed by atoms with Gasteiger partial charge in [-0.25, -0.2) is 0 Å². The van der Waals surface area contributed by atoms with Crippen LogP contribution in [0.5, 0.6) is 5.75 Å². The van der Waals surface area contributed by atoms with E-state index in [9.17, 15) is 4.79 Å². The second kappa shape index (κ2) is 14.2. The van der Waals surface area contributed by atoms with E-state index in [0.29, 0.717) is 12.5 Å². The van der Waals surface area contributed by atoms with E-state index < -0.39 is 0 Å². The third-order valence-corrected chi connectivity index (χ3v) is 9.05. The summed E-state index contributed by atoms with van der Waals surface area (Å²) in [5, 5.41) is 0. The van der Waals surface area contributed by atoms with Crippen molar-refractivity contribution in [2.45, 2.75) is 45.2 Å². The summed E-state index contributed by atoms with van der Waals surface area (Å²) in [5.41, 5.74) is 4.64. The number of pyridine rings is 1. The summed E-state index contributed by atoms with van der Waals surface area (Å²) >= 11 is 0. The van der Waals surface area contributed by atoms with Crippen molar-refractivity contribution in [2.24, 2.45) is 5.92 Å². The third kappa shape index (κ3) is 7.69. The lowest BCUT2D eigenvalue weighted by Gasteiger charge is -2.34. The van der Waals surface area contributed by atoms with Crippen LogP contribution in [0.1, 0.15) is 53.6 Å². The van der Waals surface area contributed by atoms with E-state index in [2.05, 4.69) is 62.1 Å². The molecule has 0 radical (unpaired) electrons. The molecule has 222 valence electrons. The predicted octanol–water partition coefficient (Wildman–Crippen LogP) is 5.32. The molecule has 3 aliphatic rings. The van der Waals surface area contributed by atoms with Crippen LogP contribution >= 0.6 is 0 Å². The molecule has 2 aromatic carbocycles. The third-order valence-electron chi connectivity index (χ3n) is 9.05. The van der Waals surface area contributed by atoms with Gasteiger partial charge in [-0.2, -0.15) is 0 Å². The topological polar surface area (TPSA) is 52.2 Å². The Hall–Kier alpha value is -3.42. The smallest absolute Gasteiger partial charge is 0.253 e. The largest absolute Gasteiger partial charge is 0.493 e. The first-order valence-electron chi connectivity index (χ1n) is 15.9. The molecule has 6 rings (SSSR count). The molecule has 3 fully saturated rings. The average Bonchev–Trinajstić information content (AvgIpc) is 3.06. The lowest BCUT2D eigenvalue weighted by Crippen LogP contribution is -2.45. The molecule has 0 N–H and O–H groups in total. The molecule has 0 aliphatic carbocycles. The second-order valence-corrected chi connectivity index (χ2v) is 12.2. The number of carbonyl (C=O) groups excluding carboxylic acids is 1. The minimum atomic E-state index is 0.146. The minimum absolute atomic E-state index is 0.146.